The molecule has 0 saturated heterocycles. The SMILES string of the molecule is CCc1ccc(S(=O)(=O)NC(CBr)c2ccccc2)s1. The summed E-state index contributed by atoms with van der Waals surface area (Å²) < 4.78 is 27.9. The summed E-state index contributed by atoms with van der Waals surface area (Å²) in [4.78, 5) is 1.07. The standard InChI is InChI=1S/C14H16BrNO2S2/c1-2-12-8-9-14(19-12)20(17,18)16-13(10-15)11-6-4-3-5-7-11/h3-9,13,16H,2,10H2,1H3. The molecule has 108 valence electrons. The van der Waals surface area contributed by atoms with Gasteiger partial charge in [-0.1, -0.05) is 53.2 Å². The third kappa shape index (κ3) is 3.69. The Morgan fingerprint density at radius 2 is 1.90 bits per heavy atom. The van der Waals surface area contributed by atoms with Crippen molar-refractivity contribution in [3.05, 3.63) is 52.9 Å². The number of hydrogen-bond acceptors (Lipinski definition) is 3. The van der Waals surface area contributed by atoms with E-state index in [2.05, 4.69) is 20.7 Å². The lowest BCUT2D eigenvalue weighted by Crippen LogP contribution is -2.29. The zero-order valence-electron chi connectivity index (χ0n) is 11.0. The van der Waals surface area contributed by atoms with Gasteiger partial charge in [-0.3, -0.25) is 0 Å². The maximum Gasteiger partial charge on any atom is 0.250 e. The van der Waals surface area contributed by atoms with Gasteiger partial charge in [-0.25, -0.2) is 13.1 Å². The normalized spacial score (nSPS) is 13.3. The highest BCUT2D eigenvalue weighted by atomic mass is 79.9. The highest BCUT2D eigenvalue weighted by Crippen LogP contribution is 2.24. The van der Waals surface area contributed by atoms with Gasteiger partial charge in [-0.05, 0) is 24.1 Å². The summed E-state index contributed by atoms with van der Waals surface area (Å²) in [5.41, 5.74) is 0.945. The molecule has 1 aromatic carbocycles. The molecule has 2 rings (SSSR count). The highest BCUT2D eigenvalue weighted by Gasteiger charge is 2.22. The molecular weight excluding hydrogens is 358 g/mol. The van der Waals surface area contributed by atoms with E-state index in [4.69, 9.17) is 0 Å². The van der Waals surface area contributed by atoms with Gasteiger partial charge in [0.15, 0.2) is 0 Å². The van der Waals surface area contributed by atoms with Crippen molar-refractivity contribution < 1.29 is 8.42 Å². The molecule has 0 aliphatic heterocycles. The van der Waals surface area contributed by atoms with Crippen molar-refractivity contribution in [3.8, 4) is 0 Å². The van der Waals surface area contributed by atoms with Crippen LogP contribution in [0.5, 0.6) is 0 Å². The summed E-state index contributed by atoms with van der Waals surface area (Å²) in [6.45, 7) is 2.01. The molecule has 0 aliphatic carbocycles. The van der Waals surface area contributed by atoms with Crippen LogP contribution in [0.4, 0.5) is 0 Å². The maximum absolute atomic E-state index is 12.4. The van der Waals surface area contributed by atoms with E-state index in [1.165, 1.54) is 11.3 Å². The van der Waals surface area contributed by atoms with Crippen LogP contribution in [0.25, 0.3) is 0 Å². The summed E-state index contributed by atoms with van der Waals surface area (Å²) in [5, 5.41) is 0.530. The van der Waals surface area contributed by atoms with Crippen LogP contribution in [0.2, 0.25) is 0 Å². The van der Waals surface area contributed by atoms with Crippen LogP contribution in [-0.4, -0.2) is 13.7 Å². The number of hydrogen-bond donors (Lipinski definition) is 1. The van der Waals surface area contributed by atoms with E-state index in [0.717, 1.165) is 16.9 Å². The predicted octanol–water partition coefficient (Wildman–Crippen LogP) is 3.73. The molecule has 1 aromatic heterocycles. The number of alkyl halides is 1. The molecule has 0 amide bonds. The van der Waals surface area contributed by atoms with E-state index in [9.17, 15) is 8.42 Å². The summed E-state index contributed by atoms with van der Waals surface area (Å²) in [6, 6.07) is 12.8. The van der Waals surface area contributed by atoms with Gasteiger partial charge in [-0.15, -0.1) is 11.3 Å². The molecule has 0 fully saturated rings. The third-order valence-corrected chi connectivity index (χ3v) is 6.74. The first-order valence-corrected chi connectivity index (χ1v) is 9.71. The molecular formula is C14H16BrNO2S2. The lowest BCUT2D eigenvalue weighted by atomic mass is 10.1. The molecule has 20 heavy (non-hydrogen) atoms. The highest BCUT2D eigenvalue weighted by molar-refractivity contribution is 9.09. The van der Waals surface area contributed by atoms with E-state index in [-0.39, 0.29) is 6.04 Å². The first-order chi connectivity index (χ1) is 9.56. The number of thiophene rings is 1. The maximum atomic E-state index is 12.4. The molecule has 0 bridgehead atoms. The van der Waals surface area contributed by atoms with Crippen molar-refractivity contribution in [1.29, 1.82) is 0 Å². The molecule has 0 saturated carbocycles. The van der Waals surface area contributed by atoms with Crippen LogP contribution in [0.15, 0.2) is 46.7 Å². The van der Waals surface area contributed by atoms with Gasteiger partial charge in [0.1, 0.15) is 4.21 Å². The van der Waals surface area contributed by atoms with Gasteiger partial charge in [0.05, 0.1) is 6.04 Å². The van der Waals surface area contributed by atoms with Crippen molar-refractivity contribution in [2.24, 2.45) is 0 Å². The van der Waals surface area contributed by atoms with Crippen LogP contribution in [0, 0.1) is 0 Å². The Labute approximate surface area is 132 Å². The number of nitrogens with one attached hydrogen (secondary N) is 1. The molecule has 0 radical (unpaired) electrons. The van der Waals surface area contributed by atoms with Crippen LogP contribution in [-0.2, 0) is 16.4 Å². The number of benzene rings is 1. The van der Waals surface area contributed by atoms with Crippen molar-refractivity contribution in [3.63, 3.8) is 0 Å². The monoisotopic (exact) mass is 373 g/mol. The molecule has 2 aromatic rings. The number of rotatable bonds is 6. The fourth-order valence-electron chi connectivity index (χ4n) is 1.81. The molecule has 1 N–H and O–H groups in total. The van der Waals surface area contributed by atoms with Crippen LogP contribution >= 0.6 is 27.3 Å². The fourth-order valence-corrected chi connectivity index (χ4v) is 5.10. The Bertz CT molecular complexity index is 653. The topological polar surface area (TPSA) is 46.2 Å². The zero-order chi connectivity index (χ0) is 14.6. The quantitative estimate of drug-likeness (QED) is 0.784. The minimum absolute atomic E-state index is 0.270. The molecule has 0 aliphatic rings. The Morgan fingerprint density at radius 1 is 1.20 bits per heavy atom. The molecule has 0 spiro atoms. The van der Waals surface area contributed by atoms with Crippen LogP contribution in [0.3, 0.4) is 0 Å². The summed E-state index contributed by atoms with van der Waals surface area (Å²) in [5.74, 6) is 0. The molecule has 1 atom stereocenters. The lowest BCUT2D eigenvalue weighted by molar-refractivity contribution is 0.571. The van der Waals surface area contributed by atoms with Crippen LogP contribution < -0.4 is 4.72 Å². The van der Waals surface area contributed by atoms with Crippen molar-refractivity contribution >= 4 is 37.3 Å². The first kappa shape index (κ1) is 15.7. The summed E-state index contributed by atoms with van der Waals surface area (Å²) in [7, 11) is -3.47. The van der Waals surface area contributed by atoms with Gasteiger partial charge in [-0.2, -0.15) is 0 Å². The molecule has 1 heterocycles. The average molecular weight is 374 g/mol. The summed E-state index contributed by atoms with van der Waals surface area (Å²) >= 11 is 4.69. The second kappa shape index (κ2) is 6.85. The van der Waals surface area contributed by atoms with Gasteiger partial charge in [0, 0.05) is 10.2 Å². The van der Waals surface area contributed by atoms with Gasteiger partial charge < -0.3 is 0 Å². The lowest BCUT2D eigenvalue weighted by Gasteiger charge is -2.16. The first-order valence-electron chi connectivity index (χ1n) is 6.28. The fraction of sp³-hybridized carbons (Fsp3) is 0.286. The number of halogens is 1. The number of aryl methyl sites for hydroxylation is 1. The van der Waals surface area contributed by atoms with Crippen molar-refractivity contribution in [2.75, 3.05) is 5.33 Å². The molecule has 3 nitrogen and oxygen atoms in total. The van der Waals surface area contributed by atoms with Crippen molar-refractivity contribution in [1.82, 2.24) is 4.72 Å². The van der Waals surface area contributed by atoms with E-state index >= 15 is 0 Å². The second-order valence-electron chi connectivity index (χ2n) is 4.31. The predicted molar refractivity (Wildman–Crippen MR) is 87.0 cm³/mol. The second-order valence-corrected chi connectivity index (χ2v) is 8.07. The minimum Gasteiger partial charge on any atom is -0.206 e. The van der Waals surface area contributed by atoms with Gasteiger partial charge in [0.2, 0.25) is 0 Å². The number of sulfonamides is 1. The summed E-state index contributed by atoms with van der Waals surface area (Å²) in [6.07, 6.45) is 0.848. The smallest absolute Gasteiger partial charge is 0.206 e. The van der Waals surface area contributed by atoms with E-state index in [0.29, 0.717) is 9.54 Å². The Morgan fingerprint density at radius 3 is 2.45 bits per heavy atom. The minimum atomic E-state index is -3.47. The van der Waals surface area contributed by atoms with E-state index < -0.39 is 10.0 Å². The van der Waals surface area contributed by atoms with Crippen molar-refractivity contribution in [2.45, 2.75) is 23.6 Å². The third-order valence-electron chi connectivity index (χ3n) is 2.90. The largest absolute Gasteiger partial charge is 0.250 e. The van der Waals surface area contributed by atoms with Crippen LogP contribution in [0.1, 0.15) is 23.4 Å². The Balaban J connectivity index is 2.22. The molecule has 6 heteroatoms. The van der Waals surface area contributed by atoms with E-state index in [1.807, 2.05) is 43.3 Å². The zero-order valence-corrected chi connectivity index (χ0v) is 14.3. The van der Waals surface area contributed by atoms with Gasteiger partial charge >= 0.3 is 0 Å². The Kier molecular flexibility index (Phi) is 5.37. The van der Waals surface area contributed by atoms with Gasteiger partial charge in [0.25, 0.3) is 10.0 Å². The Hall–Kier alpha value is -0.690. The average Bonchev–Trinajstić information content (AvgIpc) is 2.95. The van der Waals surface area contributed by atoms with E-state index in [1.54, 1.807) is 6.07 Å². The molecule has 1 unspecified atom stereocenters.